The highest BCUT2D eigenvalue weighted by atomic mass is 79.9. The van der Waals surface area contributed by atoms with Crippen LogP contribution in [-0.4, -0.2) is 5.11 Å². The Morgan fingerprint density at radius 2 is 1.71 bits per heavy atom. The summed E-state index contributed by atoms with van der Waals surface area (Å²) in [5, 5.41) is 8.94. The van der Waals surface area contributed by atoms with Gasteiger partial charge in [0.1, 0.15) is 11.5 Å². The van der Waals surface area contributed by atoms with Crippen LogP contribution in [0, 0.1) is 0 Å². The summed E-state index contributed by atoms with van der Waals surface area (Å²) in [5.41, 5.74) is 0.868. The van der Waals surface area contributed by atoms with E-state index in [1.807, 2.05) is 42.5 Å². The van der Waals surface area contributed by atoms with E-state index in [-0.39, 0.29) is 6.61 Å². The first-order chi connectivity index (χ1) is 8.19. The first kappa shape index (κ1) is 12.6. The van der Waals surface area contributed by atoms with Crippen molar-refractivity contribution in [3.8, 4) is 11.5 Å². The standard InChI is InChI=1S/C13H10Br2O2/c14-10-3-6-13(12(15)7-10)17-11-4-1-9(8-16)2-5-11/h1-7,16H,8H2. The lowest BCUT2D eigenvalue weighted by molar-refractivity contribution is 0.281. The Morgan fingerprint density at radius 1 is 1.00 bits per heavy atom. The van der Waals surface area contributed by atoms with Crippen molar-refractivity contribution >= 4 is 31.9 Å². The van der Waals surface area contributed by atoms with E-state index in [9.17, 15) is 0 Å². The highest BCUT2D eigenvalue weighted by Crippen LogP contribution is 2.31. The Bertz CT molecular complexity index is 509. The van der Waals surface area contributed by atoms with Crippen molar-refractivity contribution in [2.24, 2.45) is 0 Å². The van der Waals surface area contributed by atoms with Crippen molar-refractivity contribution in [2.75, 3.05) is 0 Å². The molecule has 0 aliphatic carbocycles. The maximum atomic E-state index is 8.94. The number of hydrogen-bond donors (Lipinski definition) is 1. The van der Waals surface area contributed by atoms with Crippen molar-refractivity contribution in [3.63, 3.8) is 0 Å². The van der Waals surface area contributed by atoms with Gasteiger partial charge in [-0.1, -0.05) is 28.1 Å². The number of rotatable bonds is 3. The van der Waals surface area contributed by atoms with Crippen molar-refractivity contribution in [2.45, 2.75) is 6.61 Å². The summed E-state index contributed by atoms with van der Waals surface area (Å²) in [6.45, 7) is 0.0439. The summed E-state index contributed by atoms with van der Waals surface area (Å²) in [4.78, 5) is 0. The Labute approximate surface area is 116 Å². The molecule has 0 spiro atoms. The summed E-state index contributed by atoms with van der Waals surface area (Å²) < 4.78 is 7.59. The molecule has 0 atom stereocenters. The minimum atomic E-state index is 0.0439. The lowest BCUT2D eigenvalue weighted by atomic mass is 10.2. The van der Waals surface area contributed by atoms with E-state index in [1.165, 1.54) is 0 Å². The zero-order chi connectivity index (χ0) is 12.3. The van der Waals surface area contributed by atoms with E-state index in [4.69, 9.17) is 9.84 Å². The molecule has 0 amide bonds. The highest BCUT2D eigenvalue weighted by molar-refractivity contribution is 9.11. The number of benzene rings is 2. The Balaban J connectivity index is 2.19. The maximum absolute atomic E-state index is 8.94. The van der Waals surface area contributed by atoms with E-state index >= 15 is 0 Å². The smallest absolute Gasteiger partial charge is 0.141 e. The fraction of sp³-hybridized carbons (Fsp3) is 0.0769. The molecule has 0 aliphatic rings. The first-order valence-electron chi connectivity index (χ1n) is 5.02. The molecule has 88 valence electrons. The summed E-state index contributed by atoms with van der Waals surface area (Å²) in [6, 6.07) is 13.1. The van der Waals surface area contributed by atoms with Gasteiger partial charge < -0.3 is 9.84 Å². The van der Waals surface area contributed by atoms with Gasteiger partial charge >= 0.3 is 0 Å². The van der Waals surface area contributed by atoms with Crippen molar-refractivity contribution in [1.29, 1.82) is 0 Å². The molecular weight excluding hydrogens is 348 g/mol. The minimum absolute atomic E-state index is 0.0439. The van der Waals surface area contributed by atoms with E-state index in [0.717, 1.165) is 26.0 Å². The molecule has 0 fully saturated rings. The van der Waals surface area contributed by atoms with Gasteiger partial charge in [0.15, 0.2) is 0 Å². The Kier molecular flexibility index (Phi) is 4.20. The minimum Gasteiger partial charge on any atom is -0.456 e. The molecule has 0 bridgehead atoms. The molecule has 0 aliphatic heterocycles. The van der Waals surface area contributed by atoms with E-state index in [1.54, 1.807) is 0 Å². The van der Waals surface area contributed by atoms with Gasteiger partial charge in [0, 0.05) is 4.47 Å². The number of halogens is 2. The number of ether oxygens (including phenoxy) is 1. The highest BCUT2D eigenvalue weighted by Gasteiger charge is 2.03. The molecule has 0 heterocycles. The van der Waals surface area contributed by atoms with Crippen LogP contribution in [0.15, 0.2) is 51.4 Å². The average molecular weight is 358 g/mol. The van der Waals surface area contributed by atoms with Crippen LogP contribution in [0.2, 0.25) is 0 Å². The summed E-state index contributed by atoms with van der Waals surface area (Å²) in [5.74, 6) is 1.50. The van der Waals surface area contributed by atoms with Crippen molar-refractivity contribution < 1.29 is 9.84 Å². The maximum Gasteiger partial charge on any atom is 0.141 e. The third-order valence-corrected chi connectivity index (χ3v) is 3.34. The number of aliphatic hydroxyl groups excluding tert-OH is 1. The molecule has 2 aromatic rings. The molecule has 0 unspecified atom stereocenters. The van der Waals surface area contributed by atoms with Crippen LogP contribution < -0.4 is 4.74 Å². The van der Waals surface area contributed by atoms with E-state index in [2.05, 4.69) is 31.9 Å². The van der Waals surface area contributed by atoms with Crippen LogP contribution in [0.4, 0.5) is 0 Å². The Morgan fingerprint density at radius 3 is 2.29 bits per heavy atom. The lowest BCUT2D eigenvalue weighted by Gasteiger charge is -2.08. The molecule has 0 saturated carbocycles. The molecular formula is C13H10Br2O2. The molecule has 2 aromatic carbocycles. The second-order valence-corrected chi connectivity index (χ2v) is 5.25. The topological polar surface area (TPSA) is 29.5 Å². The molecule has 17 heavy (non-hydrogen) atoms. The van der Waals surface area contributed by atoms with E-state index < -0.39 is 0 Å². The van der Waals surface area contributed by atoms with Crippen molar-refractivity contribution in [1.82, 2.24) is 0 Å². The van der Waals surface area contributed by atoms with Gasteiger partial charge in [-0.15, -0.1) is 0 Å². The van der Waals surface area contributed by atoms with Gasteiger partial charge in [0.2, 0.25) is 0 Å². The van der Waals surface area contributed by atoms with Crippen LogP contribution >= 0.6 is 31.9 Å². The summed E-state index contributed by atoms with van der Waals surface area (Å²) >= 11 is 6.82. The molecule has 0 aromatic heterocycles. The summed E-state index contributed by atoms with van der Waals surface area (Å²) in [6.07, 6.45) is 0. The fourth-order valence-electron chi connectivity index (χ4n) is 1.35. The fourth-order valence-corrected chi connectivity index (χ4v) is 2.48. The van der Waals surface area contributed by atoms with Gasteiger partial charge in [-0.2, -0.15) is 0 Å². The van der Waals surface area contributed by atoms with Crippen LogP contribution in [0.25, 0.3) is 0 Å². The molecule has 2 nitrogen and oxygen atoms in total. The third-order valence-electron chi connectivity index (χ3n) is 2.23. The molecule has 2 rings (SSSR count). The number of hydrogen-bond acceptors (Lipinski definition) is 2. The lowest BCUT2D eigenvalue weighted by Crippen LogP contribution is -1.87. The molecule has 0 radical (unpaired) electrons. The summed E-state index contributed by atoms with van der Waals surface area (Å²) in [7, 11) is 0. The second-order valence-electron chi connectivity index (χ2n) is 3.48. The number of aliphatic hydroxyl groups is 1. The largest absolute Gasteiger partial charge is 0.456 e. The monoisotopic (exact) mass is 356 g/mol. The molecule has 4 heteroatoms. The quantitative estimate of drug-likeness (QED) is 0.876. The van der Waals surface area contributed by atoms with E-state index in [0.29, 0.717) is 0 Å². The normalized spacial score (nSPS) is 10.3. The van der Waals surface area contributed by atoms with Gasteiger partial charge in [-0.3, -0.25) is 0 Å². The molecule has 0 saturated heterocycles. The predicted molar refractivity (Wildman–Crippen MR) is 74.3 cm³/mol. The SMILES string of the molecule is OCc1ccc(Oc2ccc(Br)cc2Br)cc1. The van der Waals surface area contributed by atoms with Gasteiger partial charge in [-0.25, -0.2) is 0 Å². The second kappa shape index (κ2) is 5.67. The van der Waals surface area contributed by atoms with Gasteiger partial charge in [0.25, 0.3) is 0 Å². The van der Waals surface area contributed by atoms with Crippen molar-refractivity contribution in [3.05, 3.63) is 57.0 Å². The average Bonchev–Trinajstić information content (AvgIpc) is 2.34. The third kappa shape index (κ3) is 3.31. The molecule has 1 N–H and O–H groups in total. The first-order valence-corrected chi connectivity index (χ1v) is 6.60. The van der Waals surface area contributed by atoms with Gasteiger partial charge in [0.05, 0.1) is 11.1 Å². The Hall–Kier alpha value is -0.840. The van der Waals surface area contributed by atoms with Crippen LogP contribution in [0.3, 0.4) is 0 Å². The van der Waals surface area contributed by atoms with Crippen LogP contribution in [0.1, 0.15) is 5.56 Å². The van der Waals surface area contributed by atoms with Crippen LogP contribution in [0.5, 0.6) is 11.5 Å². The predicted octanol–water partition coefficient (Wildman–Crippen LogP) is 4.50. The van der Waals surface area contributed by atoms with Gasteiger partial charge in [-0.05, 0) is 51.8 Å². The van der Waals surface area contributed by atoms with Crippen LogP contribution in [-0.2, 0) is 6.61 Å². The zero-order valence-electron chi connectivity index (χ0n) is 8.86. The zero-order valence-corrected chi connectivity index (χ0v) is 12.0.